The molecule has 21 heavy (non-hydrogen) atoms. The largest absolute Gasteiger partial charge is 0.351 e. The summed E-state index contributed by atoms with van der Waals surface area (Å²) in [6.07, 6.45) is 0. The first-order valence-corrected chi connectivity index (χ1v) is 7.58. The third-order valence-corrected chi connectivity index (χ3v) is 4.62. The van der Waals surface area contributed by atoms with E-state index in [-0.39, 0.29) is 6.04 Å². The van der Waals surface area contributed by atoms with Gasteiger partial charge in [0.2, 0.25) is 5.95 Å². The van der Waals surface area contributed by atoms with Crippen LogP contribution in [0.4, 0.5) is 11.8 Å². The highest BCUT2D eigenvalue weighted by Gasteiger charge is 2.18. The van der Waals surface area contributed by atoms with E-state index in [4.69, 9.17) is 5.84 Å². The molecule has 0 amide bonds. The summed E-state index contributed by atoms with van der Waals surface area (Å²) in [6.45, 7) is 2.16. The zero-order chi connectivity index (χ0) is 14.8. The van der Waals surface area contributed by atoms with Gasteiger partial charge in [0.05, 0.1) is 11.6 Å². The Hall–Kier alpha value is -2.18. The lowest BCUT2D eigenvalue weighted by atomic mass is 10.2. The highest BCUT2D eigenvalue weighted by Crippen LogP contribution is 2.31. The summed E-state index contributed by atoms with van der Waals surface area (Å²) in [5.74, 6) is 6.78. The zero-order valence-corrected chi connectivity index (χ0v) is 12.8. The minimum Gasteiger partial charge on any atom is -0.351 e. The van der Waals surface area contributed by atoms with Crippen molar-refractivity contribution < 1.29 is 0 Å². The molecule has 2 aromatic heterocycles. The molecule has 5 nitrogen and oxygen atoms in total. The number of hydrogen-bond donors (Lipinski definition) is 2. The number of nitrogens with zero attached hydrogens (tertiary/aromatic N) is 3. The number of aromatic nitrogens is 2. The van der Waals surface area contributed by atoms with E-state index in [9.17, 15) is 0 Å². The van der Waals surface area contributed by atoms with Crippen molar-refractivity contribution >= 4 is 34.0 Å². The summed E-state index contributed by atoms with van der Waals surface area (Å²) >= 11 is 1.74. The molecule has 0 spiro atoms. The summed E-state index contributed by atoms with van der Waals surface area (Å²) in [4.78, 5) is 12.4. The van der Waals surface area contributed by atoms with Gasteiger partial charge in [-0.2, -0.15) is 4.98 Å². The maximum absolute atomic E-state index is 5.49. The number of thiophene rings is 1. The van der Waals surface area contributed by atoms with Crippen LogP contribution in [0.2, 0.25) is 0 Å². The lowest BCUT2D eigenvalue weighted by Crippen LogP contribution is -2.23. The average Bonchev–Trinajstić information content (AvgIpc) is 3.06. The van der Waals surface area contributed by atoms with Crippen molar-refractivity contribution in [1.82, 2.24) is 9.97 Å². The fourth-order valence-corrected chi connectivity index (χ4v) is 3.12. The van der Waals surface area contributed by atoms with Gasteiger partial charge in [0, 0.05) is 17.3 Å². The number of nitrogens with one attached hydrogen (secondary N) is 1. The summed E-state index contributed by atoms with van der Waals surface area (Å²) < 4.78 is 0. The second-order valence-electron chi connectivity index (χ2n) is 4.83. The molecular weight excluding hydrogens is 282 g/mol. The van der Waals surface area contributed by atoms with Gasteiger partial charge in [-0.1, -0.05) is 18.2 Å². The van der Waals surface area contributed by atoms with E-state index in [1.165, 1.54) is 4.88 Å². The SMILES string of the molecule is CC(c1cccs1)N(C)c1nc(NN)nc2ccccc12. The molecule has 1 aromatic carbocycles. The lowest BCUT2D eigenvalue weighted by molar-refractivity contribution is 0.745. The second kappa shape index (κ2) is 5.67. The molecule has 3 N–H and O–H groups in total. The first kappa shape index (κ1) is 13.8. The minimum atomic E-state index is 0.230. The Morgan fingerprint density at radius 2 is 2.00 bits per heavy atom. The number of rotatable bonds is 4. The van der Waals surface area contributed by atoms with Crippen molar-refractivity contribution in [2.24, 2.45) is 5.84 Å². The summed E-state index contributed by atoms with van der Waals surface area (Å²) in [7, 11) is 2.04. The molecule has 3 rings (SSSR count). The molecule has 0 aliphatic carbocycles. The molecule has 3 aromatic rings. The predicted molar refractivity (Wildman–Crippen MR) is 88.5 cm³/mol. The van der Waals surface area contributed by atoms with Crippen LogP contribution in [0.3, 0.4) is 0 Å². The van der Waals surface area contributed by atoms with Crippen LogP contribution in [0.15, 0.2) is 41.8 Å². The summed E-state index contributed by atoms with van der Waals surface area (Å²) in [6, 6.07) is 12.4. The molecule has 108 valence electrons. The highest BCUT2D eigenvalue weighted by atomic mass is 32.1. The molecule has 0 saturated heterocycles. The van der Waals surface area contributed by atoms with Gasteiger partial charge in [-0.05, 0) is 30.5 Å². The van der Waals surface area contributed by atoms with Gasteiger partial charge in [-0.15, -0.1) is 11.3 Å². The van der Waals surface area contributed by atoms with Crippen LogP contribution >= 0.6 is 11.3 Å². The zero-order valence-electron chi connectivity index (χ0n) is 11.9. The van der Waals surface area contributed by atoms with E-state index in [1.54, 1.807) is 11.3 Å². The molecule has 0 aliphatic rings. The molecule has 2 heterocycles. The fourth-order valence-electron chi connectivity index (χ4n) is 2.30. The van der Waals surface area contributed by atoms with Crippen LogP contribution in [0.1, 0.15) is 17.8 Å². The van der Waals surface area contributed by atoms with Gasteiger partial charge in [0.15, 0.2) is 0 Å². The quantitative estimate of drug-likeness (QED) is 0.572. The fraction of sp³-hybridized carbons (Fsp3) is 0.200. The number of nitrogen functional groups attached to an aromatic ring is 1. The Balaban J connectivity index is 2.10. The standard InChI is InChI=1S/C15H17N5S/c1-10(13-8-5-9-21-13)20(2)14-11-6-3-4-7-12(11)17-15(18-14)19-16/h3-10H,16H2,1-2H3,(H,17,18,19). The number of para-hydroxylation sites is 1. The number of anilines is 2. The molecule has 0 fully saturated rings. The maximum Gasteiger partial charge on any atom is 0.239 e. The van der Waals surface area contributed by atoms with Crippen molar-refractivity contribution in [2.75, 3.05) is 17.4 Å². The van der Waals surface area contributed by atoms with E-state index in [1.807, 2.05) is 31.3 Å². The van der Waals surface area contributed by atoms with E-state index >= 15 is 0 Å². The normalized spacial score (nSPS) is 12.3. The van der Waals surface area contributed by atoms with Gasteiger partial charge < -0.3 is 4.90 Å². The molecule has 0 saturated carbocycles. The first-order chi connectivity index (χ1) is 10.2. The molecule has 0 aliphatic heterocycles. The monoisotopic (exact) mass is 299 g/mol. The Labute approximate surface area is 127 Å². The second-order valence-corrected chi connectivity index (χ2v) is 5.81. The van der Waals surface area contributed by atoms with Crippen LogP contribution < -0.4 is 16.2 Å². The molecule has 1 unspecified atom stereocenters. The molecule has 0 bridgehead atoms. The Morgan fingerprint density at radius 1 is 1.19 bits per heavy atom. The number of hydrogen-bond acceptors (Lipinski definition) is 6. The average molecular weight is 299 g/mol. The van der Waals surface area contributed by atoms with Crippen LogP contribution in [0.25, 0.3) is 10.9 Å². The van der Waals surface area contributed by atoms with Crippen LogP contribution in [0.5, 0.6) is 0 Å². The van der Waals surface area contributed by atoms with E-state index in [2.05, 4.69) is 44.7 Å². The summed E-state index contributed by atoms with van der Waals surface area (Å²) in [5, 5.41) is 3.10. The van der Waals surface area contributed by atoms with Crippen LogP contribution in [0, 0.1) is 0 Å². The van der Waals surface area contributed by atoms with Crippen molar-refractivity contribution in [3.05, 3.63) is 46.7 Å². The maximum atomic E-state index is 5.49. The Bertz CT molecular complexity index is 741. The minimum absolute atomic E-state index is 0.230. The third-order valence-electron chi connectivity index (χ3n) is 3.58. The van der Waals surface area contributed by atoms with Crippen LogP contribution in [-0.2, 0) is 0 Å². The van der Waals surface area contributed by atoms with E-state index < -0.39 is 0 Å². The smallest absolute Gasteiger partial charge is 0.239 e. The van der Waals surface area contributed by atoms with Gasteiger partial charge in [0.25, 0.3) is 0 Å². The van der Waals surface area contributed by atoms with Crippen molar-refractivity contribution in [1.29, 1.82) is 0 Å². The number of hydrazine groups is 1. The first-order valence-electron chi connectivity index (χ1n) is 6.70. The number of nitrogens with two attached hydrogens (primary N) is 1. The van der Waals surface area contributed by atoms with Crippen molar-refractivity contribution in [2.45, 2.75) is 13.0 Å². The predicted octanol–water partition coefficient (Wildman–Crippen LogP) is 3.17. The summed E-state index contributed by atoms with van der Waals surface area (Å²) in [5.41, 5.74) is 3.42. The van der Waals surface area contributed by atoms with Gasteiger partial charge in [-0.3, -0.25) is 5.43 Å². The van der Waals surface area contributed by atoms with Crippen molar-refractivity contribution in [3.63, 3.8) is 0 Å². The van der Waals surface area contributed by atoms with Gasteiger partial charge >= 0.3 is 0 Å². The van der Waals surface area contributed by atoms with Gasteiger partial charge in [0.1, 0.15) is 5.82 Å². The Kier molecular flexibility index (Phi) is 3.72. The lowest BCUT2D eigenvalue weighted by Gasteiger charge is -2.26. The van der Waals surface area contributed by atoms with Crippen LogP contribution in [-0.4, -0.2) is 17.0 Å². The van der Waals surface area contributed by atoms with E-state index in [0.29, 0.717) is 5.95 Å². The Morgan fingerprint density at radius 3 is 2.71 bits per heavy atom. The molecular formula is C15H17N5S. The number of benzene rings is 1. The third kappa shape index (κ3) is 2.55. The van der Waals surface area contributed by atoms with Gasteiger partial charge in [-0.25, -0.2) is 10.8 Å². The van der Waals surface area contributed by atoms with E-state index in [0.717, 1.165) is 16.7 Å². The molecule has 0 radical (unpaired) electrons. The number of fused-ring (bicyclic) bond motifs is 1. The topological polar surface area (TPSA) is 67.1 Å². The highest BCUT2D eigenvalue weighted by molar-refractivity contribution is 7.10. The molecule has 1 atom stereocenters. The molecule has 6 heteroatoms. The van der Waals surface area contributed by atoms with Crippen molar-refractivity contribution in [3.8, 4) is 0 Å².